The van der Waals surface area contributed by atoms with Crippen LogP contribution in [-0.2, 0) is 17.8 Å². The van der Waals surface area contributed by atoms with Crippen LogP contribution in [0.25, 0.3) is 0 Å². The largest absolute Gasteiger partial charge is 0.351 e. The number of thiophene rings is 1. The fourth-order valence-electron chi connectivity index (χ4n) is 1.72. The van der Waals surface area contributed by atoms with Crippen LogP contribution >= 0.6 is 34.5 Å². The van der Waals surface area contributed by atoms with Gasteiger partial charge in [-0.3, -0.25) is 4.79 Å². The summed E-state index contributed by atoms with van der Waals surface area (Å²) < 4.78 is -0.888. The molecule has 2 rings (SSSR count). The van der Waals surface area contributed by atoms with Crippen molar-refractivity contribution in [2.24, 2.45) is 5.41 Å². The second-order valence-corrected chi connectivity index (χ2v) is 7.35. The van der Waals surface area contributed by atoms with E-state index in [0.717, 1.165) is 11.3 Å². The Hall–Kier alpha value is -0.250. The smallest absolute Gasteiger partial charge is 0.229 e. The standard InChI is InChI=1S/C12H15Cl2NOS/c1-3-8-4-5-9(17-8)6-15-10(16)11(2)7-12(11,13)14/h4-5H,3,6-7H2,1-2H3,(H,15,16)/t11-/m1/s1. The van der Waals surface area contributed by atoms with Crippen molar-refractivity contribution in [3.63, 3.8) is 0 Å². The van der Waals surface area contributed by atoms with Gasteiger partial charge in [0, 0.05) is 9.75 Å². The van der Waals surface area contributed by atoms with Crippen molar-refractivity contribution >= 4 is 40.4 Å². The highest BCUT2D eigenvalue weighted by molar-refractivity contribution is 7.11. The van der Waals surface area contributed by atoms with E-state index >= 15 is 0 Å². The van der Waals surface area contributed by atoms with Crippen LogP contribution in [0.5, 0.6) is 0 Å². The van der Waals surface area contributed by atoms with E-state index in [-0.39, 0.29) is 5.91 Å². The number of carbonyl (C=O) groups is 1. The third-order valence-electron chi connectivity index (χ3n) is 3.25. The molecule has 94 valence electrons. The molecule has 1 aromatic heterocycles. The van der Waals surface area contributed by atoms with Crippen molar-refractivity contribution in [1.82, 2.24) is 5.32 Å². The van der Waals surface area contributed by atoms with Crippen LogP contribution in [0.15, 0.2) is 12.1 Å². The van der Waals surface area contributed by atoms with E-state index in [9.17, 15) is 4.79 Å². The fourth-order valence-corrected chi connectivity index (χ4v) is 3.32. The molecule has 1 saturated carbocycles. The molecule has 1 aliphatic rings. The number of hydrogen-bond donors (Lipinski definition) is 1. The number of halogens is 2. The molecule has 1 atom stereocenters. The molecule has 1 aromatic rings. The molecule has 1 amide bonds. The molecule has 2 nitrogen and oxygen atoms in total. The monoisotopic (exact) mass is 291 g/mol. The van der Waals surface area contributed by atoms with Gasteiger partial charge in [0.25, 0.3) is 0 Å². The Bertz CT molecular complexity index is 443. The van der Waals surface area contributed by atoms with Crippen molar-refractivity contribution in [1.29, 1.82) is 0 Å². The number of rotatable bonds is 4. The number of carbonyl (C=O) groups excluding carboxylic acids is 1. The molecule has 0 aromatic carbocycles. The highest BCUT2D eigenvalue weighted by atomic mass is 35.5. The second kappa shape index (κ2) is 4.45. The van der Waals surface area contributed by atoms with Crippen LogP contribution in [0.1, 0.15) is 30.0 Å². The Labute approximate surface area is 115 Å². The van der Waals surface area contributed by atoms with Crippen molar-refractivity contribution in [3.05, 3.63) is 21.9 Å². The molecule has 1 heterocycles. The Morgan fingerprint density at radius 2 is 2.06 bits per heavy atom. The maximum absolute atomic E-state index is 11.9. The zero-order chi connectivity index (χ0) is 12.7. The minimum absolute atomic E-state index is 0.0612. The summed E-state index contributed by atoms with van der Waals surface area (Å²) in [6.45, 7) is 4.48. The van der Waals surface area contributed by atoms with Gasteiger partial charge in [-0.2, -0.15) is 0 Å². The minimum Gasteiger partial charge on any atom is -0.351 e. The van der Waals surface area contributed by atoms with Gasteiger partial charge in [0.2, 0.25) is 5.91 Å². The summed E-state index contributed by atoms with van der Waals surface area (Å²) in [6, 6.07) is 4.14. The Morgan fingerprint density at radius 3 is 2.53 bits per heavy atom. The minimum atomic E-state index is -0.888. The van der Waals surface area contributed by atoms with E-state index < -0.39 is 9.75 Å². The van der Waals surface area contributed by atoms with Crippen LogP contribution in [-0.4, -0.2) is 10.2 Å². The topological polar surface area (TPSA) is 29.1 Å². The van der Waals surface area contributed by atoms with Gasteiger partial charge >= 0.3 is 0 Å². The summed E-state index contributed by atoms with van der Waals surface area (Å²) in [5.41, 5.74) is -0.624. The summed E-state index contributed by atoms with van der Waals surface area (Å²) >= 11 is 13.6. The first-order valence-corrected chi connectivity index (χ1v) is 7.20. The predicted octanol–water partition coefficient (Wildman–Crippen LogP) is 3.51. The van der Waals surface area contributed by atoms with E-state index in [1.165, 1.54) is 4.88 Å². The quantitative estimate of drug-likeness (QED) is 0.845. The summed E-state index contributed by atoms with van der Waals surface area (Å²) in [6.07, 6.45) is 1.56. The molecule has 1 N–H and O–H groups in total. The Kier molecular flexibility index (Phi) is 3.45. The van der Waals surface area contributed by atoms with Crippen molar-refractivity contribution in [2.45, 2.75) is 37.6 Å². The van der Waals surface area contributed by atoms with E-state index in [1.54, 1.807) is 18.3 Å². The molecule has 0 aliphatic heterocycles. The van der Waals surface area contributed by atoms with Crippen molar-refractivity contribution in [3.8, 4) is 0 Å². The summed E-state index contributed by atoms with van der Waals surface area (Å²) in [5.74, 6) is -0.0612. The molecule has 1 fully saturated rings. The molecule has 17 heavy (non-hydrogen) atoms. The average molecular weight is 292 g/mol. The van der Waals surface area contributed by atoms with Crippen LogP contribution in [0.2, 0.25) is 0 Å². The molecule has 5 heteroatoms. The Morgan fingerprint density at radius 1 is 1.47 bits per heavy atom. The first-order valence-electron chi connectivity index (χ1n) is 5.63. The van der Waals surface area contributed by atoms with E-state index in [0.29, 0.717) is 13.0 Å². The first kappa shape index (κ1) is 13.2. The van der Waals surface area contributed by atoms with Gasteiger partial charge in [0.15, 0.2) is 0 Å². The van der Waals surface area contributed by atoms with Gasteiger partial charge in [0.05, 0.1) is 12.0 Å². The zero-order valence-electron chi connectivity index (χ0n) is 9.85. The molecule has 1 aliphatic carbocycles. The highest BCUT2D eigenvalue weighted by Crippen LogP contribution is 2.63. The molecule has 0 unspecified atom stereocenters. The van der Waals surface area contributed by atoms with Gasteiger partial charge in [0.1, 0.15) is 4.33 Å². The van der Waals surface area contributed by atoms with Crippen molar-refractivity contribution in [2.75, 3.05) is 0 Å². The third-order valence-corrected chi connectivity index (χ3v) is 5.58. The number of aryl methyl sites for hydroxylation is 1. The lowest BCUT2D eigenvalue weighted by atomic mass is 10.1. The third kappa shape index (κ3) is 2.47. The SMILES string of the molecule is CCc1ccc(CNC(=O)[C@@]2(C)CC2(Cl)Cl)s1. The molecular formula is C12H15Cl2NOS. The van der Waals surface area contributed by atoms with Gasteiger partial charge in [-0.1, -0.05) is 6.92 Å². The fraction of sp³-hybridized carbons (Fsp3) is 0.583. The summed E-state index contributed by atoms with van der Waals surface area (Å²) in [4.78, 5) is 14.4. The van der Waals surface area contributed by atoms with Crippen molar-refractivity contribution < 1.29 is 4.79 Å². The van der Waals surface area contributed by atoms with Gasteiger partial charge < -0.3 is 5.32 Å². The molecule has 0 bridgehead atoms. The zero-order valence-corrected chi connectivity index (χ0v) is 12.2. The van der Waals surface area contributed by atoms with Crippen LogP contribution in [0.4, 0.5) is 0 Å². The highest BCUT2D eigenvalue weighted by Gasteiger charge is 2.67. The number of nitrogens with one attached hydrogen (secondary N) is 1. The molecule has 0 spiro atoms. The maximum atomic E-state index is 11.9. The summed E-state index contributed by atoms with van der Waals surface area (Å²) in [5, 5.41) is 2.90. The average Bonchev–Trinajstić information content (AvgIpc) is 2.68. The maximum Gasteiger partial charge on any atom is 0.229 e. The number of alkyl halides is 2. The van der Waals surface area contributed by atoms with Crippen LogP contribution in [0.3, 0.4) is 0 Å². The second-order valence-electron chi connectivity index (χ2n) is 4.62. The molecule has 0 radical (unpaired) electrons. The van der Waals surface area contributed by atoms with Gasteiger partial charge in [-0.15, -0.1) is 34.5 Å². The first-order chi connectivity index (χ1) is 7.89. The lowest BCUT2D eigenvalue weighted by molar-refractivity contribution is -0.125. The summed E-state index contributed by atoms with van der Waals surface area (Å²) in [7, 11) is 0. The molecule has 0 saturated heterocycles. The van der Waals surface area contributed by atoms with Crippen LogP contribution in [0, 0.1) is 5.41 Å². The van der Waals surface area contributed by atoms with E-state index in [4.69, 9.17) is 23.2 Å². The van der Waals surface area contributed by atoms with Crippen LogP contribution < -0.4 is 5.32 Å². The normalized spacial score (nSPS) is 25.6. The Balaban J connectivity index is 1.89. The van der Waals surface area contributed by atoms with E-state index in [1.807, 2.05) is 6.07 Å². The van der Waals surface area contributed by atoms with Gasteiger partial charge in [-0.25, -0.2) is 0 Å². The lowest BCUT2D eigenvalue weighted by Gasteiger charge is -2.11. The predicted molar refractivity (Wildman–Crippen MR) is 72.7 cm³/mol. The molecular weight excluding hydrogens is 277 g/mol. The lowest BCUT2D eigenvalue weighted by Crippen LogP contribution is -2.32. The van der Waals surface area contributed by atoms with E-state index in [2.05, 4.69) is 18.3 Å². The number of hydrogen-bond acceptors (Lipinski definition) is 2. The van der Waals surface area contributed by atoms with Gasteiger partial charge in [-0.05, 0) is 31.9 Å². The number of amides is 1.